The molecule has 0 spiro atoms. The van der Waals surface area contributed by atoms with Crippen LogP contribution in [-0.4, -0.2) is 36.1 Å². The van der Waals surface area contributed by atoms with Gasteiger partial charge >= 0.3 is 5.97 Å². The van der Waals surface area contributed by atoms with E-state index < -0.39 is 11.4 Å². The van der Waals surface area contributed by atoms with Crippen LogP contribution >= 0.6 is 0 Å². The summed E-state index contributed by atoms with van der Waals surface area (Å²) in [4.78, 5) is 14.1. The molecule has 3 nitrogen and oxygen atoms in total. The summed E-state index contributed by atoms with van der Waals surface area (Å²) in [6.45, 7) is 2.31. The van der Waals surface area contributed by atoms with Crippen molar-refractivity contribution in [2.24, 2.45) is 0 Å². The van der Waals surface area contributed by atoms with Gasteiger partial charge in [-0.1, -0.05) is 30.7 Å². The van der Waals surface area contributed by atoms with Gasteiger partial charge in [0, 0.05) is 0 Å². The maximum atomic E-state index is 11.7. The van der Waals surface area contributed by atoms with E-state index in [0.717, 1.165) is 31.4 Å². The van der Waals surface area contributed by atoms with Crippen LogP contribution in [0.15, 0.2) is 24.3 Å². The van der Waals surface area contributed by atoms with Crippen LogP contribution < -0.4 is 0 Å². The zero-order chi connectivity index (χ0) is 14.9. The third-order valence-electron chi connectivity index (χ3n) is 5.48. The molecule has 0 aromatic heterocycles. The van der Waals surface area contributed by atoms with Crippen molar-refractivity contribution in [1.29, 1.82) is 0 Å². The molecule has 114 valence electrons. The number of aliphatic carboxylic acids is 1. The molecule has 3 rings (SSSR count). The molecular weight excluding hydrogens is 262 g/mol. The lowest BCUT2D eigenvalue weighted by Crippen LogP contribution is -2.42. The highest BCUT2D eigenvalue weighted by molar-refractivity contribution is 5.82. The van der Waals surface area contributed by atoms with Gasteiger partial charge in [0.15, 0.2) is 0 Å². The first-order valence-electron chi connectivity index (χ1n) is 8.14. The van der Waals surface area contributed by atoms with E-state index in [1.165, 1.54) is 31.4 Å². The second-order valence-corrected chi connectivity index (χ2v) is 6.80. The molecule has 0 bridgehead atoms. The number of hydrogen-bond donors (Lipinski definition) is 1. The Morgan fingerprint density at radius 2 is 2.05 bits per heavy atom. The molecule has 1 aliphatic carbocycles. The Kier molecular flexibility index (Phi) is 4.03. The molecule has 2 aliphatic rings. The lowest BCUT2D eigenvalue weighted by atomic mass is 9.64. The fourth-order valence-corrected chi connectivity index (χ4v) is 3.82. The van der Waals surface area contributed by atoms with Crippen LogP contribution in [0.3, 0.4) is 0 Å². The lowest BCUT2D eigenvalue weighted by molar-refractivity contribution is -0.147. The minimum atomic E-state index is -0.647. The van der Waals surface area contributed by atoms with Gasteiger partial charge in [-0.25, -0.2) is 0 Å². The Hall–Kier alpha value is -1.35. The van der Waals surface area contributed by atoms with E-state index in [1.807, 2.05) is 6.07 Å². The maximum Gasteiger partial charge on any atom is 0.314 e. The molecule has 1 N–H and O–H groups in total. The normalized spacial score (nSPS) is 25.9. The highest BCUT2D eigenvalue weighted by atomic mass is 16.4. The molecule has 0 radical (unpaired) electrons. The monoisotopic (exact) mass is 287 g/mol. The van der Waals surface area contributed by atoms with Gasteiger partial charge in [-0.3, -0.25) is 4.79 Å². The second-order valence-electron chi connectivity index (χ2n) is 6.80. The Morgan fingerprint density at radius 1 is 1.24 bits per heavy atom. The fourth-order valence-electron chi connectivity index (χ4n) is 3.82. The van der Waals surface area contributed by atoms with Crippen LogP contribution in [-0.2, 0) is 10.2 Å². The van der Waals surface area contributed by atoms with E-state index in [-0.39, 0.29) is 0 Å². The van der Waals surface area contributed by atoms with E-state index >= 15 is 0 Å². The van der Waals surface area contributed by atoms with Gasteiger partial charge in [0.25, 0.3) is 0 Å². The first kappa shape index (κ1) is 14.6. The van der Waals surface area contributed by atoms with Crippen LogP contribution in [0.4, 0.5) is 0 Å². The van der Waals surface area contributed by atoms with Gasteiger partial charge in [0.2, 0.25) is 0 Å². The van der Waals surface area contributed by atoms with Gasteiger partial charge < -0.3 is 10.0 Å². The molecule has 1 aliphatic heterocycles. The van der Waals surface area contributed by atoms with Gasteiger partial charge in [0.1, 0.15) is 0 Å². The molecule has 1 aromatic rings. The Morgan fingerprint density at radius 3 is 2.71 bits per heavy atom. The number of carboxylic acids is 1. The number of nitrogens with zero attached hydrogens (tertiary/aromatic N) is 1. The Balaban J connectivity index is 1.84. The van der Waals surface area contributed by atoms with Crippen molar-refractivity contribution < 1.29 is 9.90 Å². The molecule has 0 amide bonds. The number of carboxylic acid groups (broad SMARTS) is 1. The third-order valence-corrected chi connectivity index (χ3v) is 5.48. The molecule has 1 aromatic carbocycles. The summed E-state index contributed by atoms with van der Waals surface area (Å²) in [5.74, 6) is -0.0627. The zero-order valence-corrected chi connectivity index (χ0v) is 12.8. The predicted octanol–water partition coefficient (Wildman–Crippen LogP) is 3.39. The van der Waals surface area contributed by atoms with Crippen molar-refractivity contribution in [3.05, 3.63) is 35.4 Å². The number of rotatable bonds is 3. The van der Waals surface area contributed by atoms with Crippen molar-refractivity contribution in [3.8, 4) is 0 Å². The molecule has 1 saturated heterocycles. The molecule has 21 heavy (non-hydrogen) atoms. The van der Waals surface area contributed by atoms with Crippen molar-refractivity contribution >= 4 is 5.97 Å². The van der Waals surface area contributed by atoms with Crippen molar-refractivity contribution in [2.75, 3.05) is 20.1 Å². The summed E-state index contributed by atoms with van der Waals surface area (Å²) in [7, 11) is 2.19. The van der Waals surface area contributed by atoms with Crippen molar-refractivity contribution in [1.82, 2.24) is 4.90 Å². The van der Waals surface area contributed by atoms with Gasteiger partial charge in [0.05, 0.1) is 5.41 Å². The number of hydrogen-bond acceptors (Lipinski definition) is 2. The second kappa shape index (κ2) is 5.80. The summed E-state index contributed by atoms with van der Waals surface area (Å²) < 4.78 is 0. The summed E-state index contributed by atoms with van der Waals surface area (Å²) in [5, 5.41) is 9.61. The Bertz CT molecular complexity index is 522. The predicted molar refractivity (Wildman–Crippen MR) is 83.7 cm³/mol. The molecule has 1 heterocycles. The van der Waals surface area contributed by atoms with Gasteiger partial charge in [-0.15, -0.1) is 0 Å². The van der Waals surface area contributed by atoms with Gasteiger partial charge in [-0.05, 0) is 69.3 Å². The Labute approximate surface area is 127 Å². The number of likely N-dealkylation sites (tertiary alicyclic amines) is 1. The standard InChI is InChI=1S/C18H25NO2/c1-19-11-3-6-14(8-12-19)15-5-2-7-16(13-15)18(17(20)21)9-4-10-18/h2,5,7,13-14H,3-4,6,8-12H2,1H3,(H,20,21). The van der Waals surface area contributed by atoms with Crippen molar-refractivity contribution in [2.45, 2.75) is 49.9 Å². The van der Waals surface area contributed by atoms with E-state index in [0.29, 0.717) is 5.92 Å². The number of carbonyl (C=O) groups is 1. The van der Waals surface area contributed by atoms with Crippen LogP contribution in [0.1, 0.15) is 55.6 Å². The van der Waals surface area contributed by atoms with E-state index in [4.69, 9.17) is 0 Å². The summed E-state index contributed by atoms with van der Waals surface area (Å²) in [5.41, 5.74) is 1.77. The van der Waals surface area contributed by atoms with Crippen LogP contribution in [0.25, 0.3) is 0 Å². The highest BCUT2D eigenvalue weighted by Crippen LogP contribution is 2.44. The average molecular weight is 287 g/mol. The average Bonchev–Trinajstić information content (AvgIpc) is 2.62. The fraction of sp³-hybridized carbons (Fsp3) is 0.611. The highest BCUT2D eigenvalue weighted by Gasteiger charge is 2.46. The molecule has 1 atom stereocenters. The van der Waals surface area contributed by atoms with Crippen molar-refractivity contribution in [3.63, 3.8) is 0 Å². The molecule has 3 heteroatoms. The van der Waals surface area contributed by atoms with Gasteiger partial charge in [-0.2, -0.15) is 0 Å². The summed E-state index contributed by atoms with van der Waals surface area (Å²) >= 11 is 0. The molecule has 1 saturated carbocycles. The molecule has 2 fully saturated rings. The summed E-state index contributed by atoms with van der Waals surface area (Å²) in [6.07, 6.45) is 6.24. The third kappa shape index (κ3) is 2.71. The van der Waals surface area contributed by atoms with E-state index in [9.17, 15) is 9.90 Å². The smallest absolute Gasteiger partial charge is 0.314 e. The van der Waals surface area contributed by atoms with Crippen LogP contribution in [0, 0.1) is 0 Å². The minimum absolute atomic E-state index is 0.584. The molecule has 1 unspecified atom stereocenters. The topological polar surface area (TPSA) is 40.5 Å². The first-order valence-corrected chi connectivity index (χ1v) is 8.14. The van der Waals surface area contributed by atoms with E-state index in [2.05, 4.69) is 30.1 Å². The summed E-state index contributed by atoms with van der Waals surface area (Å²) in [6, 6.07) is 8.44. The number of benzene rings is 1. The van der Waals surface area contributed by atoms with Crippen LogP contribution in [0.2, 0.25) is 0 Å². The quantitative estimate of drug-likeness (QED) is 0.926. The zero-order valence-electron chi connectivity index (χ0n) is 12.8. The maximum absolute atomic E-state index is 11.7. The van der Waals surface area contributed by atoms with Crippen LogP contribution in [0.5, 0.6) is 0 Å². The largest absolute Gasteiger partial charge is 0.481 e. The SMILES string of the molecule is CN1CCCC(c2cccc(C3(C(=O)O)CCC3)c2)CC1. The van der Waals surface area contributed by atoms with E-state index in [1.54, 1.807) is 0 Å². The minimum Gasteiger partial charge on any atom is -0.481 e. The molecular formula is C18H25NO2. The lowest BCUT2D eigenvalue weighted by Gasteiger charge is -2.38. The first-order chi connectivity index (χ1) is 10.1.